The molecule has 7 heteroatoms. The lowest BCUT2D eigenvalue weighted by Gasteiger charge is -2.13. The van der Waals surface area contributed by atoms with Crippen molar-refractivity contribution in [1.29, 1.82) is 0 Å². The van der Waals surface area contributed by atoms with Crippen molar-refractivity contribution in [3.63, 3.8) is 0 Å². The van der Waals surface area contributed by atoms with Crippen molar-refractivity contribution in [2.45, 2.75) is 24.6 Å². The third kappa shape index (κ3) is 3.44. The Morgan fingerprint density at radius 1 is 1.30 bits per heavy atom. The summed E-state index contributed by atoms with van der Waals surface area (Å²) in [5.74, 6) is 0.120. The highest BCUT2D eigenvalue weighted by atomic mass is 32.2. The molecule has 108 valence electrons. The maximum Gasteiger partial charge on any atom is 0.271 e. The average Bonchev–Trinajstić information content (AvgIpc) is 2.85. The summed E-state index contributed by atoms with van der Waals surface area (Å²) in [7, 11) is -3.83. The van der Waals surface area contributed by atoms with Crippen LogP contribution in [0.2, 0.25) is 0 Å². The standard InChI is InChI=1S/C13H15FN2O3S/c1-9(11-4-2-3-5-12(11)14)16-8-10-6-7-13(19-10)20(15,17)18/h2-7,9,16H,8H2,1H3,(H2,15,17,18). The normalized spacial score (nSPS) is 13.3. The molecule has 1 unspecified atom stereocenters. The molecular weight excluding hydrogens is 283 g/mol. The predicted molar refractivity (Wildman–Crippen MR) is 71.7 cm³/mol. The number of sulfonamides is 1. The number of rotatable bonds is 5. The maximum absolute atomic E-state index is 13.6. The van der Waals surface area contributed by atoms with Crippen LogP contribution in [0.15, 0.2) is 45.9 Å². The minimum Gasteiger partial charge on any atom is -0.447 e. The largest absolute Gasteiger partial charge is 0.447 e. The lowest BCUT2D eigenvalue weighted by molar-refractivity contribution is 0.392. The van der Waals surface area contributed by atoms with Gasteiger partial charge in [-0.15, -0.1) is 0 Å². The summed E-state index contributed by atoms with van der Waals surface area (Å²) >= 11 is 0. The maximum atomic E-state index is 13.6. The van der Waals surface area contributed by atoms with Crippen LogP contribution in [0, 0.1) is 5.82 Å². The molecule has 2 aromatic rings. The van der Waals surface area contributed by atoms with E-state index >= 15 is 0 Å². The first-order chi connectivity index (χ1) is 9.38. The first-order valence-electron chi connectivity index (χ1n) is 5.97. The molecule has 0 aliphatic rings. The molecule has 2 rings (SSSR count). The van der Waals surface area contributed by atoms with Crippen molar-refractivity contribution in [2.75, 3.05) is 0 Å². The van der Waals surface area contributed by atoms with E-state index in [1.54, 1.807) is 18.2 Å². The Bertz CT molecular complexity index is 697. The number of nitrogens with two attached hydrogens (primary N) is 1. The van der Waals surface area contributed by atoms with Gasteiger partial charge in [0.1, 0.15) is 11.6 Å². The first-order valence-corrected chi connectivity index (χ1v) is 7.52. The van der Waals surface area contributed by atoms with E-state index < -0.39 is 10.0 Å². The van der Waals surface area contributed by atoms with E-state index in [1.165, 1.54) is 18.2 Å². The quantitative estimate of drug-likeness (QED) is 0.883. The second-order valence-electron chi connectivity index (χ2n) is 4.39. The van der Waals surface area contributed by atoms with E-state index in [1.807, 2.05) is 6.92 Å². The monoisotopic (exact) mass is 298 g/mol. The minimum atomic E-state index is -3.83. The van der Waals surface area contributed by atoms with Crippen molar-refractivity contribution < 1.29 is 17.2 Å². The second kappa shape index (κ2) is 5.74. The molecule has 1 aromatic heterocycles. The highest BCUT2D eigenvalue weighted by molar-refractivity contribution is 7.89. The van der Waals surface area contributed by atoms with Crippen molar-refractivity contribution in [3.05, 3.63) is 53.5 Å². The molecule has 0 bridgehead atoms. The van der Waals surface area contributed by atoms with Gasteiger partial charge in [0, 0.05) is 11.6 Å². The van der Waals surface area contributed by atoms with Gasteiger partial charge in [0.25, 0.3) is 10.0 Å². The Labute approximate surface area is 116 Å². The molecule has 0 spiro atoms. The fourth-order valence-corrected chi connectivity index (χ4v) is 2.28. The van der Waals surface area contributed by atoms with E-state index in [9.17, 15) is 12.8 Å². The molecule has 1 aromatic carbocycles. The van der Waals surface area contributed by atoms with Gasteiger partial charge in [-0.3, -0.25) is 0 Å². The average molecular weight is 298 g/mol. The minimum absolute atomic E-state index is 0.237. The van der Waals surface area contributed by atoms with Crippen LogP contribution in [-0.4, -0.2) is 8.42 Å². The number of hydrogen-bond acceptors (Lipinski definition) is 4. The van der Waals surface area contributed by atoms with E-state index in [4.69, 9.17) is 9.56 Å². The van der Waals surface area contributed by atoms with Crippen LogP contribution in [0.1, 0.15) is 24.3 Å². The van der Waals surface area contributed by atoms with Gasteiger partial charge < -0.3 is 9.73 Å². The van der Waals surface area contributed by atoms with Gasteiger partial charge in [0.2, 0.25) is 5.09 Å². The predicted octanol–water partition coefficient (Wildman–Crippen LogP) is 1.92. The number of furan rings is 1. The molecule has 5 nitrogen and oxygen atoms in total. The van der Waals surface area contributed by atoms with E-state index in [0.717, 1.165) is 0 Å². The second-order valence-corrected chi connectivity index (χ2v) is 5.88. The molecule has 1 atom stereocenters. The lowest BCUT2D eigenvalue weighted by Crippen LogP contribution is -2.18. The van der Waals surface area contributed by atoms with E-state index in [-0.39, 0.29) is 23.5 Å². The molecule has 0 saturated heterocycles. The number of primary sulfonamides is 1. The van der Waals surface area contributed by atoms with Gasteiger partial charge in [0.15, 0.2) is 0 Å². The molecule has 3 N–H and O–H groups in total. The first kappa shape index (κ1) is 14.7. The van der Waals surface area contributed by atoms with Crippen LogP contribution in [0.3, 0.4) is 0 Å². The summed E-state index contributed by atoms with van der Waals surface area (Å²) in [5.41, 5.74) is 0.533. The number of halogens is 1. The highest BCUT2D eigenvalue weighted by Gasteiger charge is 2.14. The van der Waals surface area contributed by atoms with Crippen molar-refractivity contribution >= 4 is 10.0 Å². The van der Waals surface area contributed by atoms with Crippen LogP contribution in [-0.2, 0) is 16.6 Å². The summed E-state index contributed by atoms with van der Waals surface area (Å²) < 4.78 is 40.8. The third-order valence-electron chi connectivity index (χ3n) is 2.87. The van der Waals surface area contributed by atoms with E-state index in [0.29, 0.717) is 11.3 Å². The Morgan fingerprint density at radius 2 is 2.00 bits per heavy atom. The topological polar surface area (TPSA) is 85.3 Å². The number of nitrogens with one attached hydrogen (secondary N) is 1. The van der Waals surface area contributed by atoms with Gasteiger partial charge in [-0.05, 0) is 25.1 Å². The summed E-state index contributed by atoms with van der Waals surface area (Å²) in [5, 5.41) is 7.71. The van der Waals surface area contributed by atoms with Crippen LogP contribution in [0.4, 0.5) is 4.39 Å². The molecular formula is C13H15FN2O3S. The van der Waals surface area contributed by atoms with Crippen LogP contribution in [0.25, 0.3) is 0 Å². The zero-order chi connectivity index (χ0) is 14.8. The van der Waals surface area contributed by atoms with E-state index in [2.05, 4.69) is 5.32 Å². The van der Waals surface area contributed by atoms with Gasteiger partial charge in [-0.2, -0.15) is 0 Å². The molecule has 0 saturated carbocycles. The number of benzene rings is 1. The summed E-state index contributed by atoms with van der Waals surface area (Å²) in [6, 6.07) is 9.02. The fourth-order valence-electron chi connectivity index (χ4n) is 1.80. The SMILES string of the molecule is CC(NCc1ccc(S(N)(=O)=O)o1)c1ccccc1F. The zero-order valence-corrected chi connectivity index (χ0v) is 11.7. The highest BCUT2D eigenvalue weighted by Crippen LogP contribution is 2.18. The lowest BCUT2D eigenvalue weighted by atomic mass is 10.1. The molecule has 0 radical (unpaired) electrons. The summed E-state index contributed by atoms with van der Waals surface area (Å²) in [6.07, 6.45) is 0. The third-order valence-corrected chi connectivity index (χ3v) is 3.65. The Balaban J connectivity index is 2.02. The van der Waals surface area contributed by atoms with Crippen molar-refractivity contribution in [1.82, 2.24) is 5.32 Å². The van der Waals surface area contributed by atoms with Crippen molar-refractivity contribution in [3.8, 4) is 0 Å². The Kier molecular flexibility index (Phi) is 4.22. The van der Waals surface area contributed by atoms with Gasteiger partial charge in [-0.25, -0.2) is 17.9 Å². The molecule has 0 fully saturated rings. The fraction of sp³-hybridized carbons (Fsp3) is 0.231. The molecule has 0 aliphatic heterocycles. The smallest absolute Gasteiger partial charge is 0.271 e. The molecule has 0 aliphatic carbocycles. The van der Waals surface area contributed by atoms with Crippen LogP contribution >= 0.6 is 0 Å². The van der Waals surface area contributed by atoms with Crippen molar-refractivity contribution in [2.24, 2.45) is 5.14 Å². The Hall–Kier alpha value is -1.70. The zero-order valence-electron chi connectivity index (χ0n) is 10.8. The molecule has 20 heavy (non-hydrogen) atoms. The summed E-state index contributed by atoms with van der Waals surface area (Å²) in [6.45, 7) is 2.08. The van der Waals surface area contributed by atoms with Gasteiger partial charge in [-0.1, -0.05) is 18.2 Å². The molecule has 0 amide bonds. The molecule has 1 heterocycles. The number of hydrogen-bond donors (Lipinski definition) is 2. The van der Waals surface area contributed by atoms with Gasteiger partial charge in [0.05, 0.1) is 6.54 Å². The summed E-state index contributed by atoms with van der Waals surface area (Å²) in [4.78, 5) is 0. The van der Waals surface area contributed by atoms with Crippen LogP contribution < -0.4 is 10.5 Å². The Morgan fingerprint density at radius 3 is 2.60 bits per heavy atom. The van der Waals surface area contributed by atoms with Crippen LogP contribution in [0.5, 0.6) is 0 Å². The van der Waals surface area contributed by atoms with Gasteiger partial charge >= 0.3 is 0 Å².